The van der Waals surface area contributed by atoms with E-state index in [4.69, 9.17) is 18.5 Å². The Kier molecular flexibility index (Phi) is 36.3. The normalized spacial score (nSPS) is 22.4. The fraction of sp³-hybridized carbons (Fsp3) is 0.608. The number of rotatable bonds is 37. The first-order valence-electron chi connectivity index (χ1n) is 23.7. The Bertz CT molecular complexity index is 1550. The summed E-state index contributed by atoms with van der Waals surface area (Å²) in [6.07, 6.45) is 41.5. The zero-order chi connectivity index (χ0) is 47.8. The highest BCUT2D eigenvalue weighted by Crippen LogP contribution is 2.47. The fourth-order valence-corrected chi connectivity index (χ4v) is 7.23. The van der Waals surface area contributed by atoms with Crippen LogP contribution < -0.4 is 0 Å². The van der Waals surface area contributed by atoms with Gasteiger partial charge in [-0.25, -0.2) is 4.57 Å². The van der Waals surface area contributed by atoms with Crippen molar-refractivity contribution in [1.29, 1.82) is 0 Å². The van der Waals surface area contributed by atoms with Crippen LogP contribution in [-0.2, 0) is 32.7 Å². The van der Waals surface area contributed by atoms with Crippen LogP contribution >= 0.6 is 7.82 Å². The number of aliphatic hydroxyl groups is 5. The Balaban J connectivity index is 2.54. The van der Waals surface area contributed by atoms with E-state index in [9.17, 15) is 44.6 Å². The number of unbranched alkanes of at least 4 members (excludes halogenated alkanes) is 7. The number of phosphoric acid groups is 1. The molecule has 0 aromatic heterocycles. The molecule has 1 fully saturated rings. The molecule has 65 heavy (non-hydrogen) atoms. The van der Waals surface area contributed by atoms with E-state index in [-0.39, 0.29) is 12.8 Å². The smallest absolute Gasteiger partial charge is 0.462 e. The van der Waals surface area contributed by atoms with E-state index in [1.807, 2.05) is 18.2 Å². The van der Waals surface area contributed by atoms with Crippen molar-refractivity contribution in [2.75, 3.05) is 13.2 Å². The third-order valence-corrected chi connectivity index (χ3v) is 11.1. The van der Waals surface area contributed by atoms with Gasteiger partial charge in [-0.3, -0.25) is 18.6 Å². The van der Waals surface area contributed by atoms with E-state index in [0.29, 0.717) is 19.3 Å². The van der Waals surface area contributed by atoms with Crippen LogP contribution in [0.2, 0.25) is 0 Å². The minimum atomic E-state index is -5.15. The molecule has 6 N–H and O–H groups in total. The lowest BCUT2D eigenvalue weighted by Gasteiger charge is -2.41. The molecule has 0 bridgehead atoms. The number of carbonyl (C=O) groups excluding carboxylic acids is 2. The quantitative estimate of drug-likeness (QED) is 0.0149. The van der Waals surface area contributed by atoms with Crippen molar-refractivity contribution < 1.29 is 63.1 Å². The van der Waals surface area contributed by atoms with Crippen molar-refractivity contribution in [3.63, 3.8) is 0 Å². The van der Waals surface area contributed by atoms with Crippen LogP contribution in [0.25, 0.3) is 0 Å². The predicted octanol–water partition coefficient (Wildman–Crippen LogP) is 9.61. The molecular weight excluding hydrogens is 852 g/mol. The van der Waals surface area contributed by atoms with Crippen molar-refractivity contribution >= 4 is 19.8 Å². The van der Waals surface area contributed by atoms with E-state index in [0.717, 1.165) is 77.0 Å². The lowest BCUT2D eigenvalue weighted by Crippen LogP contribution is -2.64. The van der Waals surface area contributed by atoms with Gasteiger partial charge in [0.05, 0.1) is 6.61 Å². The predicted molar refractivity (Wildman–Crippen MR) is 257 cm³/mol. The van der Waals surface area contributed by atoms with Gasteiger partial charge in [0.1, 0.15) is 43.2 Å². The maximum Gasteiger partial charge on any atom is 0.472 e. The molecule has 8 atom stereocenters. The number of phosphoric ester groups is 1. The number of ether oxygens (including phenoxy) is 2. The third-order valence-electron chi connectivity index (χ3n) is 10.1. The van der Waals surface area contributed by atoms with Gasteiger partial charge in [-0.15, -0.1) is 0 Å². The summed E-state index contributed by atoms with van der Waals surface area (Å²) in [4.78, 5) is 35.7. The summed E-state index contributed by atoms with van der Waals surface area (Å²) in [5.74, 6) is -1.24. The SMILES string of the molecule is CCC/C=C/C/C=C/C/C=C/C/C=C/CCCCCC(=O)O[C@@H](COC(=O)CC/C=C/C/C=C/C/C=C/C/C=C/C/C=C/CCCCC)COP(=O)(O)OC1C(O)C(O)C(O)[C@H](O)C1O. The Hall–Kier alpha value is -3.49. The molecule has 13 nitrogen and oxygen atoms in total. The molecule has 14 heteroatoms. The number of carbonyl (C=O) groups is 2. The second-order valence-electron chi connectivity index (χ2n) is 15.9. The van der Waals surface area contributed by atoms with E-state index >= 15 is 0 Å². The van der Waals surface area contributed by atoms with Gasteiger partial charge in [0.15, 0.2) is 6.10 Å². The van der Waals surface area contributed by atoms with Crippen LogP contribution in [0.4, 0.5) is 0 Å². The average Bonchev–Trinajstić information content (AvgIpc) is 3.29. The molecule has 6 unspecified atom stereocenters. The molecule has 1 rings (SSSR count). The van der Waals surface area contributed by atoms with Crippen LogP contribution in [-0.4, -0.2) is 98.3 Å². The molecule has 1 aliphatic rings. The maximum atomic E-state index is 12.8. The second-order valence-corrected chi connectivity index (χ2v) is 17.3. The zero-order valence-corrected chi connectivity index (χ0v) is 39.9. The van der Waals surface area contributed by atoms with Crippen molar-refractivity contribution in [2.24, 2.45) is 0 Å². The molecule has 0 aliphatic heterocycles. The van der Waals surface area contributed by atoms with Gasteiger partial charge >= 0.3 is 19.8 Å². The number of hydrogen-bond donors (Lipinski definition) is 6. The summed E-state index contributed by atoms with van der Waals surface area (Å²) in [5.41, 5.74) is 0. The van der Waals surface area contributed by atoms with E-state index < -0.39 is 75.7 Å². The van der Waals surface area contributed by atoms with E-state index in [1.54, 1.807) is 0 Å². The molecule has 0 spiro atoms. The topological polar surface area (TPSA) is 210 Å². The Morgan fingerprint density at radius 3 is 1.35 bits per heavy atom. The van der Waals surface area contributed by atoms with Gasteiger partial charge in [0.25, 0.3) is 0 Å². The first kappa shape index (κ1) is 59.5. The molecule has 368 valence electrons. The largest absolute Gasteiger partial charge is 0.472 e. The minimum absolute atomic E-state index is 0.0293. The molecule has 0 amide bonds. The first-order valence-corrected chi connectivity index (χ1v) is 25.2. The Morgan fingerprint density at radius 2 is 0.892 bits per heavy atom. The maximum absolute atomic E-state index is 12.8. The third kappa shape index (κ3) is 32.0. The van der Waals surface area contributed by atoms with Gasteiger partial charge in [-0.2, -0.15) is 0 Å². The molecule has 0 heterocycles. The monoisotopic (exact) mass is 933 g/mol. The number of esters is 2. The van der Waals surface area contributed by atoms with Gasteiger partial charge in [0.2, 0.25) is 0 Å². The summed E-state index contributed by atoms with van der Waals surface area (Å²) in [7, 11) is -5.15. The van der Waals surface area contributed by atoms with Gasteiger partial charge in [0, 0.05) is 12.8 Å². The van der Waals surface area contributed by atoms with Gasteiger partial charge < -0.3 is 39.9 Å². The molecule has 0 aromatic rings. The Labute approximate surface area is 389 Å². The highest BCUT2D eigenvalue weighted by molar-refractivity contribution is 7.47. The fourth-order valence-electron chi connectivity index (χ4n) is 6.26. The summed E-state index contributed by atoms with van der Waals surface area (Å²) in [6, 6.07) is 0. The van der Waals surface area contributed by atoms with Crippen molar-refractivity contribution in [2.45, 2.75) is 185 Å². The standard InChI is InChI=1S/C51H81O13P/c1-3-5-7-9-11-13-15-17-19-21-22-24-25-27-29-31-33-35-37-39-44(52)61-41-43(42-62-65(59,60)64-51-49(57)47(55)46(54)48(56)50(51)58)63-45(53)40-38-36-34-32-30-28-26-23-20-18-16-14-12-10-8-6-4-2/h8,10-11,13-14,16-17,19-20,22-24,27-30,33,35,43,46-51,54-58H,3-7,9,12,15,18,21,25-26,31-32,34,36-42H2,1-2H3,(H,59,60)/b10-8+,13-11+,16-14+,19-17+,23-20+,24-22+,29-27+,30-28+,35-33+/t43-,46?,47-,48?,49?,50?,51?/m0/s1. The van der Waals surface area contributed by atoms with E-state index in [1.165, 1.54) is 19.3 Å². The second kappa shape index (κ2) is 39.7. The number of aliphatic hydroxyl groups excluding tert-OH is 5. The van der Waals surface area contributed by atoms with Crippen molar-refractivity contribution in [3.05, 3.63) is 109 Å². The van der Waals surface area contributed by atoms with Crippen LogP contribution in [0.5, 0.6) is 0 Å². The highest BCUT2D eigenvalue weighted by atomic mass is 31.2. The summed E-state index contributed by atoms with van der Waals surface area (Å²) in [5, 5.41) is 50.2. The van der Waals surface area contributed by atoms with Crippen molar-refractivity contribution in [1.82, 2.24) is 0 Å². The zero-order valence-electron chi connectivity index (χ0n) is 39.0. The summed E-state index contributed by atoms with van der Waals surface area (Å²) in [6.45, 7) is 3.10. The first-order chi connectivity index (χ1) is 31.4. The molecule has 1 aliphatic carbocycles. The molecule has 0 saturated heterocycles. The van der Waals surface area contributed by atoms with Gasteiger partial charge in [-0.05, 0) is 89.9 Å². The molecule has 0 radical (unpaired) electrons. The number of hydrogen-bond acceptors (Lipinski definition) is 12. The summed E-state index contributed by atoms with van der Waals surface area (Å²) < 4.78 is 33.4. The molecular formula is C51H81O13P. The molecule has 1 saturated carbocycles. The van der Waals surface area contributed by atoms with E-state index in [2.05, 4.69) is 105 Å². The average molecular weight is 933 g/mol. The minimum Gasteiger partial charge on any atom is -0.462 e. The molecule has 0 aromatic carbocycles. The summed E-state index contributed by atoms with van der Waals surface area (Å²) >= 11 is 0. The lowest BCUT2D eigenvalue weighted by atomic mass is 9.85. The van der Waals surface area contributed by atoms with Crippen LogP contribution in [0.1, 0.15) is 142 Å². The van der Waals surface area contributed by atoms with Crippen LogP contribution in [0.15, 0.2) is 109 Å². The Morgan fingerprint density at radius 1 is 0.477 bits per heavy atom. The number of allylic oxidation sites excluding steroid dienone is 18. The van der Waals surface area contributed by atoms with Crippen molar-refractivity contribution in [3.8, 4) is 0 Å². The lowest BCUT2D eigenvalue weighted by molar-refractivity contribution is -0.220. The highest BCUT2D eigenvalue weighted by Gasteiger charge is 2.51. The van der Waals surface area contributed by atoms with Gasteiger partial charge in [-0.1, -0.05) is 149 Å². The van der Waals surface area contributed by atoms with Crippen LogP contribution in [0, 0.1) is 0 Å². The van der Waals surface area contributed by atoms with Crippen LogP contribution in [0.3, 0.4) is 0 Å².